The van der Waals surface area contributed by atoms with Crippen LogP contribution in [-0.4, -0.2) is 41.3 Å². The van der Waals surface area contributed by atoms with Gasteiger partial charge in [-0.15, -0.1) is 0 Å². The Morgan fingerprint density at radius 2 is 2.00 bits per heavy atom. The quantitative estimate of drug-likeness (QED) is 0.657. The maximum atomic E-state index is 9.46. The van der Waals surface area contributed by atoms with Crippen LogP contribution in [0.3, 0.4) is 0 Å². The van der Waals surface area contributed by atoms with Gasteiger partial charge in [-0.3, -0.25) is 4.90 Å². The number of rotatable bonds is 2. The van der Waals surface area contributed by atoms with E-state index in [0.29, 0.717) is 5.92 Å². The molecule has 0 aromatic heterocycles. The van der Waals surface area contributed by atoms with Gasteiger partial charge >= 0.3 is 0 Å². The summed E-state index contributed by atoms with van der Waals surface area (Å²) in [5.41, 5.74) is 5.93. The molecule has 3 nitrogen and oxygen atoms in total. The predicted octanol–water partition coefficient (Wildman–Crippen LogP) is 0.425. The van der Waals surface area contributed by atoms with Gasteiger partial charge in [0.2, 0.25) is 0 Å². The number of nitrogens with zero attached hydrogens (tertiary/aromatic N) is 1. The van der Waals surface area contributed by atoms with Crippen LogP contribution in [-0.2, 0) is 0 Å². The monoisotopic (exact) mass is 186 g/mol. The number of hydrogen-bond donors (Lipinski definition) is 2. The zero-order chi connectivity index (χ0) is 10.0. The summed E-state index contributed by atoms with van der Waals surface area (Å²) in [5.74, 6) is 0.657. The van der Waals surface area contributed by atoms with E-state index < -0.39 is 0 Å². The molecular formula is C10H22N2O. The van der Waals surface area contributed by atoms with Gasteiger partial charge in [0.25, 0.3) is 0 Å². The van der Waals surface area contributed by atoms with Crippen molar-refractivity contribution in [2.75, 3.05) is 13.1 Å². The van der Waals surface area contributed by atoms with Crippen LogP contribution in [0.4, 0.5) is 0 Å². The molecule has 0 bridgehead atoms. The van der Waals surface area contributed by atoms with Gasteiger partial charge < -0.3 is 10.8 Å². The third-order valence-corrected chi connectivity index (χ3v) is 2.99. The molecule has 0 aromatic carbocycles. The van der Waals surface area contributed by atoms with Gasteiger partial charge in [-0.2, -0.15) is 0 Å². The van der Waals surface area contributed by atoms with E-state index >= 15 is 0 Å². The molecule has 78 valence electrons. The molecule has 0 amide bonds. The number of likely N-dealkylation sites (tertiary alicyclic amines) is 1. The number of hydrogen-bond acceptors (Lipinski definition) is 3. The lowest BCUT2D eigenvalue weighted by molar-refractivity contribution is 0.0401. The Morgan fingerprint density at radius 1 is 1.38 bits per heavy atom. The standard InChI is InChI=1S/C10H22N2O/c1-7-4-10(11)6-12(5-7)8(2)9(3)13/h7-10,13H,4-6,11H2,1-3H3. The number of aliphatic hydroxyl groups excluding tert-OH is 1. The van der Waals surface area contributed by atoms with Gasteiger partial charge in [-0.1, -0.05) is 6.92 Å². The zero-order valence-electron chi connectivity index (χ0n) is 8.90. The van der Waals surface area contributed by atoms with E-state index in [1.807, 2.05) is 6.92 Å². The molecule has 3 heteroatoms. The van der Waals surface area contributed by atoms with E-state index in [1.54, 1.807) is 0 Å². The van der Waals surface area contributed by atoms with E-state index in [9.17, 15) is 5.11 Å². The SMILES string of the molecule is CC1CC(N)CN(C(C)C(C)O)C1. The molecule has 1 heterocycles. The minimum Gasteiger partial charge on any atom is -0.392 e. The summed E-state index contributed by atoms with van der Waals surface area (Å²) in [4.78, 5) is 2.30. The maximum absolute atomic E-state index is 9.46. The first-order valence-corrected chi connectivity index (χ1v) is 5.18. The highest BCUT2D eigenvalue weighted by Gasteiger charge is 2.27. The zero-order valence-corrected chi connectivity index (χ0v) is 8.90. The maximum Gasteiger partial charge on any atom is 0.0664 e. The van der Waals surface area contributed by atoms with Gasteiger partial charge in [-0.25, -0.2) is 0 Å². The van der Waals surface area contributed by atoms with Crippen LogP contribution in [0.15, 0.2) is 0 Å². The van der Waals surface area contributed by atoms with Crippen molar-refractivity contribution in [1.29, 1.82) is 0 Å². The van der Waals surface area contributed by atoms with Crippen molar-refractivity contribution in [3.63, 3.8) is 0 Å². The van der Waals surface area contributed by atoms with Crippen LogP contribution in [0.25, 0.3) is 0 Å². The smallest absolute Gasteiger partial charge is 0.0664 e. The van der Waals surface area contributed by atoms with E-state index in [0.717, 1.165) is 19.5 Å². The Morgan fingerprint density at radius 3 is 2.46 bits per heavy atom. The van der Waals surface area contributed by atoms with Crippen LogP contribution >= 0.6 is 0 Å². The minimum absolute atomic E-state index is 0.230. The second-order valence-electron chi connectivity index (χ2n) is 4.54. The highest BCUT2D eigenvalue weighted by Crippen LogP contribution is 2.18. The molecule has 0 radical (unpaired) electrons. The fourth-order valence-corrected chi connectivity index (χ4v) is 2.08. The lowest BCUT2D eigenvalue weighted by Gasteiger charge is -2.39. The Balaban J connectivity index is 2.49. The van der Waals surface area contributed by atoms with Crippen molar-refractivity contribution in [3.8, 4) is 0 Å². The molecule has 1 aliphatic heterocycles. The number of nitrogens with two attached hydrogens (primary N) is 1. The lowest BCUT2D eigenvalue weighted by Crippen LogP contribution is -2.52. The lowest BCUT2D eigenvalue weighted by atomic mass is 9.95. The normalized spacial score (nSPS) is 35.8. The molecule has 0 saturated carbocycles. The Kier molecular flexibility index (Phi) is 3.71. The summed E-state index contributed by atoms with van der Waals surface area (Å²) in [6.07, 6.45) is 0.848. The molecule has 4 unspecified atom stereocenters. The summed E-state index contributed by atoms with van der Waals surface area (Å²) in [7, 11) is 0. The van der Waals surface area contributed by atoms with Crippen molar-refractivity contribution < 1.29 is 5.11 Å². The van der Waals surface area contributed by atoms with Crippen molar-refractivity contribution in [2.45, 2.75) is 45.4 Å². The third kappa shape index (κ3) is 2.93. The summed E-state index contributed by atoms with van der Waals surface area (Å²) in [5, 5.41) is 9.46. The van der Waals surface area contributed by atoms with Crippen molar-refractivity contribution in [1.82, 2.24) is 4.90 Å². The van der Waals surface area contributed by atoms with Crippen LogP contribution in [0, 0.1) is 5.92 Å². The van der Waals surface area contributed by atoms with Crippen LogP contribution < -0.4 is 5.73 Å². The average molecular weight is 186 g/mol. The summed E-state index contributed by atoms with van der Waals surface area (Å²) < 4.78 is 0. The molecule has 0 aliphatic carbocycles. The molecule has 1 fully saturated rings. The molecule has 13 heavy (non-hydrogen) atoms. The Labute approximate surface area is 80.9 Å². The van der Waals surface area contributed by atoms with Gasteiger partial charge in [-0.05, 0) is 26.2 Å². The van der Waals surface area contributed by atoms with Crippen LogP contribution in [0.2, 0.25) is 0 Å². The summed E-state index contributed by atoms with van der Waals surface area (Å²) in [6, 6.07) is 0.513. The molecule has 1 saturated heterocycles. The molecule has 3 N–H and O–H groups in total. The highest BCUT2D eigenvalue weighted by atomic mass is 16.3. The average Bonchev–Trinajstić information content (AvgIpc) is 2.01. The predicted molar refractivity (Wildman–Crippen MR) is 54.5 cm³/mol. The molecule has 1 aliphatic rings. The van der Waals surface area contributed by atoms with Crippen molar-refractivity contribution >= 4 is 0 Å². The molecule has 4 atom stereocenters. The Hall–Kier alpha value is -0.120. The fraction of sp³-hybridized carbons (Fsp3) is 1.00. The van der Waals surface area contributed by atoms with Crippen LogP contribution in [0.5, 0.6) is 0 Å². The van der Waals surface area contributed by atoms with Gasteiger partial charge in [0.05, 0.1) is 6.10 Å². The summed E-state index contributed by atoms with van der Waals surface area (Å²) >= 11 is 0. The Bertz CT molecular complexity index is 151. The van der Waals surface area contributed by atoms with E-state index in [1.165, 1.54) is 0 Å². The first-order chi connectivity index (χ1) is 6.00. The summed E-state index contributed by atoms with van der Waals surface area (Å²) in [6.45, 7) is 8.13. The topological polar surface area (TPSA) is 49.5 Å². The molecular weight excluding hydrogens is 164 g/mol. The second-order valence-corrected chi connectivity index (χ2v) is 4.54. The van der Waals surface area contributed by atoms with E-state index in [-0.39, 0.29) is 18.2 Å². The van der Waals surface area contributed by atoms with Gasteiger partial charge in [0, 0.05) is 25.2 Å². The van der Waals surface area contributed by atoms with Gasteiger partial charge in [0.15, 0.2) is 0 Å². The highest BCUT2D eigenvalue weighted by molar-refractivity contribution is 4.83. The molecule has 0 spiro atoms. The van der Waals surface area contributed by atoms with E-state index in [2.05, 4.69) is 18.7 Å². The van der Waals surface area contributed by atoms with E-state index in [4.69, 9.17) is 5.73 Å². The second kappa shape index (κ2) is 4.40. The number of aliphatic hydroxyl groups is 1. The van der Waals surface area contributed by atoms with Gasteiger partial charge in [0.1, 0.15) is 0 Å². The molecule has 1 rings (SSSR count). The number of piperidine rings is 1. The van der Waals surface area contributed by atoms with Crippen molar-refractivity contribution in [2.24, 2.45) is 11.7 Å². The minimum atomic E-state index is -0.266. The largest absolute Gasteiger partial charge is 0.392 e. The first kappa shape index (κ1) is 11.0. The third-order valence-electron chi connectivity index (χ3n) is 2.99. The van der Waals surface area contributed by atoms with Crippen molar-refractivity contribution in [3.05, 3.63) is 0 Å². The fourth-order valence-electron chi connectivity index (χ4n) is 2.08. The van der Waals surface area contributed by atoms with Crippen LogP contribution in [0.1, 0.15) is 27.2 Å². The first-order valence-electron chi connectivity index (χ1n) is 5.18. The molecule has 0 aromatic rings.